The zero-order valence-corrected chi connectivity index (χ0v) is 6.81. The Morgan fingerprint density at radius 1 is 1.23 bits per heavy atom. The number of hydrogen-bond donors (Lipinski definition) is 2. The molecule has 0 aliphatic carbocycles. The van der Waals surface area contributed by atoms with Gasteiger partial charge in [-0.1, -0.05) is 0 Å². The van der Waals surface area contributed by atoms with E-state index in [9.17, 15) is 9.59 Å². The molecule has 1 heterocycles. The van der Waals surface area contributed by atoms with E-state index in [2.05, 4.69) is 4.98 Å². The molecule has 1 aromatic rings. The molecule has 0 atom stereocenters. The number of aromatic carboxylic acids is 2. The lowest BCUT2D eigenvalue weighted by Gasteiger charge is -2.00. The SMILES string of the molecule is Cc1nc(C(=O)O)ccc1C(=O)O. The van der Waals surface area contributed by atoms with Crippen molar-refractivity contribution in [3.63, 3.8) is 0 Å². The van der Waals surface area contributed by atoms with Crippen LogP contribution in [0.25, 0.3) is 0 Å². The monoisotopic (exact) mass is 181 g/mol. The molecule has 0 radical (unpaired) electrons. The second-order valence-corrected chi connectivity index (χ2v) is 2.44. The largest absolute Gasteiger partial charge is 0.478 e. The Labute approximate surface area is 73.7 Å². The smallest absolute Gasteiger partial charge is 0.354 e. The van der Waals surface area contributed by atoms with E-state index in [0.717, 1.165) is 0 Å². The summed E-state index contributed by atoms with van der Waals surface area (Å²) in [6.45, 7) is 1.45. The molecule has 0 aliphatic heterocycles. The van der Waals surface area contributed by atoms with Crippen LogP contribution >= 0.6 is 0 Å². The van der Waals surface area contributed by atoms with Gasteiger partial charge in [-0.2, -0.15) is 0 Å². The molecular weight excluding hydrogens is 174 g/mol. The molecule has 0 saturated carbocycles. The van der Waals surface area contributed by atoms with Gasteiger partial charge in [0.1, 0.15) is 5.69 Å². The van der Waals surface area contributed by atoms with Crippen LogP contribution in [0, 0.1) is 6.92 Å². The van der Waals surface area contributed by atoms with E-state index in [-0.39, 0.29) is 17.0 Å². The fourth-order valence-corrected chi connectivity index (χ4v) is 0.906. The number of carbonyl (C=O) groups is 2. The summed E-state index contributed by atoms with van der Waals surface area (Å²) in [7, 11) is 0. The minimum atomic E-state index is -1.17. The number of carboxylic acid groups (broad SMARTS) is 2. The van der Waals surface area contributed by atoms with Gasteiger partial charge < -0.3 is 10.2 Å². The van der Waals surface area contributed by atoms with Gasteiger partial charge in [-0.25, -0.2) is 14.6 Å². The van der Waals surface area contributed by atoms with E-state index in [0.29, 0.717) is 0 Å². The van der Waals surface area contributed by atoms with Gasteiger partial charge in [-0.15, -0.1) is 0 Å². The number of hydrogen-bond acceptors (Lipinski definition) is 3. The Morgan fingerprint density at radius 2 is 1.85 bits per heavy atom. The van der Waals surface area contributed by atoms with Crippen molar-refractivity contribution in [1.29, 1.82) is 0 Å². The Morgan fingerprint density at radius 3 is 2.23 bits per heavy atom. The molecular formula is C8H7NO4. The summed E-state index contributed by atoms with van der Waals surface area (Å²) in [6.07, 6.45) is 0. The van der Waals surface area contributed by atoms with Crippen LogP contribution in [0.3, 0.4) is 0 Å². The molecule has 5 heteroatoms. The number of aromatic nitrogens is 1. The highest BCUT2D eigenvalue weighted by atomic mass is 16.4. The van der Waals surface area contributed by atoms with E-state index in [1.165, 1.54) is 19.1 Å². The van der Waals surface area contributed by atoms with Gasteiger partial charge in [0.15, 0.2) is 0 Å². The quantitative estimate of drug-likeness (QED) is 0.704. The van der Waals surface area contributed by atoms with Gasteiger partial charge in [-0.05, 0) is 19.1 Å². The van der Waals surface area contributed by atoms with Crippen molar-refractivity contribution in [1.82, 2.24) is 4.98 Å². The Balaban J connectivity index is 3.20. The molecule has 13 heavy (non-hydrogen) atoms. The molecule has 0 bridgehead atoms. The zero-order valence-electron chi connectivity index (χ0n) is 6.81. The molecule has 0 aliphatic rings. The van der Waals surface area contributed by atoms with E-state index in [4.69, 9.17) is 10.2 Å². The number of carboxylic acids is 2. The molecule has 2 N–H and O–H groups in total. The lowest BCUT2D eigenvalue weighted by Crippen LogP contribution is -2.06. The maximum Gasteiger partial charge on any atom is 0.354 e. The van der Waals surface area contributed by atoms with Crippen LogP contribution in [0.15, 0.2) is 12.1 Å². The molecule has 0 saturated heterocycles. The van der Waals surface area contributed by atoms with Crippen molar-refractivity contribution in [3.05, 3.63) is 29.1 Å². The van der Waals surface area contributed by atoms with Gasteiger partial charge in [-0.3, -0.25) is 0 Å². The molecule has 0 spiro atoms. The summed E-state index contributed by atoms with van der Waals surface area (Å²) < 4.78 is 0. The Kier molecular flexibility index (Phi) is 2.27. The lowest BCUT2D eigenvalue weighted by molar-refractivity contribution is 0.0675. The molecule has 0 aromatic carbocycles. The number of rotatable bonds is 2. The number of pyridine rings is 1. The zero-order chi connectivity index (χ0) is 10.0. The van der Waals surface area contributed by atoms with Crippen molar-refractivity contribution < 1.29 is 19.8 Å². The molecule has 1 rings (SSSR count). The second-order valence-electron chi connectivity index (χ2n) is 2.44. The second kappa shape index (κ2) is 3.22. The maximum absolute atomic E-state index is 10.5. The fraction of sp³-hybridized carbons (Fsp3) is 0.125. The highest BCUT2D eigenvalue weighted by Crippen LogP contribution is 2.06. The minimum absolute atomic E-state index is 0.0185. The van der Waals surface area contributed by atoms with Crippen LogP contribution in [-0.2, 0) is 0 Å². The molecule has 0 fully saturated rings. The van der Waals surface area contributed by atoms with Crippen LogP contribution < -0.4 is 0 Å². The first-order chi connectivity index (χ1) is 6.02. The molecule has 0 amide bonds. The molecule has 1 aromatic heterocycles. The predicted molar refractivity (Wildman–Crippen MR) is 42.9 cm³/mol. The van der Waals surface area contributed by atoms with Crippen molar-refractivity contribution in [2.24, 2.45) is 0 Å². The topological polar surface area (TPSA) is 87.5 Å². The van der Waals surface area contributed by atoms with E-state index < -0.39 is 11.9 Å². The highest BCUT2D eigenvalue weighted by molar-refractivity contribution is 5.91. The van der Waals surface area contributed by atoms with Crippen LogP contribution in [0.5, 0.6) is 0 Å². The average molecular weight is 181 g/mol. The molecule has 5 nitrogen and oxygen atoms in total. The molecule has 0 unspecified atom stereocenters. The third kappa shape index (κ3) is 1.81. The fourth-order valence-electron chi connectivity index (χ4n) is 0.906. The van der Waals surface area contributed by atoms with Crippen molar-refractivity contribution in [2.75, 3.05) is 0 Å². The minimum Gasteiger partial charge on any atom is -0.478 e. The number of nitrogens with zero attached hydrogens (tertiary/aromatic N) is 1. The van der Waals surface area contributed by atoms with Crippen molar-refractivity contribution in [2.45, 2.75) is 6.92 Å². The van der Waals surface area contributed by atoms with Gasteiger partial charge in [0.2, 0.25) is 0 Å². The van der Waals surface area contributed by atoms with Gasteiger partial charge in [0, 0.05) is 0 Å². The van der Waals surface area contributed by atoms with E-state index >= 15 is 0 Å². The maximum atomic E-state index is 10.5. The Bertz CT molecular complexity index is 372. The highest BCUT2D eigenvalue weighted by Gasteiger charge is 2.11. The van der Waals surface area contributed by atoms with Crippen LogP contribution in [0.2, 0.25) is 0 Å². The summed E-state index contributed by atoms with van der Waals surface area (Å²) >= 11 is 0. The number of aryl methyl sites for hydroxylation is 1. The normalized spacial score (nSPS) is 9.62. The lowest BCUT2D eigenvalue weighted by atomic mass is 10.2. The van der Waals surface area contributed by atoms with Crippen LogP contribution in [0.1, 0.15) is 26.5 Å². The first kappa shape index (κ1) is 9.18. The summed E-state index contributed by atoms with van der Waals surface area (Å²) in [5.74, 6) is -2.28. The van der Waals surface area contributed by atoms with Crippen molar-refractivity contribution in [3.8, 4) is 0 Å². The van der Waals surface area contributed by atoms with Gasteiger partial charge >= 0.3 is 11.9 Å². The van der Waals surface area contributed by atoms with E-state index in [1.807, 2.05) is 0 Å². The average Bonchev–Trinajstić information content (AvgIpc) is 2.03. The van der Waals surface area contributed by atoms with Crippen LogP contribution in [0.4, 0.5) is 0 Å². The third-order valence-electron chi connectivity index (χ3n) is 1.54. The first-order valence-corrected chi connectivity index (χ1v) is 3.46. The molecule has 68 valence electrons. The summed E-state index contributed by atoms with van der Waals surface area (Å²) in [4.78, 5) is 24.6. The van der Waals surface area contributed by atoms with Gasteiger partial charge in [0.25, 0.3) is 0 Å². The Hall–Kier alpha value is -1.91. The standard InChI is InChI=1S/C8H7NO4/c1-4-5(7(10)11)2-3-6(9-4)8(12)13/h2-3H,1H3,(H,10,11)(H,12,13). The van der Waals surface area contributed by atoms with Gasteiger partial charge in [0.05, 0.1) is 11.3 Å². The third-order valence-corrected chi connectivity index (χ3v) is 1.54. The predicted octanol–water partition coefficient (Wildman–Crippen LogP) is 0.786. The summed E-state index contributed by atoms with van der Waals surface area (Å²) in [6, 6.07) is 2.40. The van der Waals surface area contributed by atoms with Crippen molar-refractivity contribution >= 4 is 11.9 Å². The summed E-state index contributed by atoms with van der Waals surface area (Å²) in [5, 5.41) is 17.1. The first-order valence-electron chi connectivity index (χ1n) is 3.46. The van der Waals surface area contributed by atoms with Crippen LogP contribution in [-0.4, -0.2) is 27.1 Å². The van der Waals surface area contributed by atoms with E-state index in [1.54, 1.807) is 0 Å². The summed E-state index contributed by atoms with van der Waals surface area (Å²) in [5.41, 5.74) is 0.0694.